The first-order chi connectivity index (χ1) is 9.57. The molecule has 1 unspecified atom stereocenters. The number of furan rings is 1. The summed E-state index contributed by atoms with van der Waals surface area (Å²) in [6.07, 6.45) is 3.91. The minimum atomic E-state index is -0.0901. The highest BCUT2D eigenvalue weighted by Gasteiger charge is 2.22. The third-order valence-electron chi connectivity index (χ3n) is 3.92. The highest BCUT2D eigenvalue weighted by Crippen LogP contribution is 2.30. The number of para-hydroxylation sites is 1. The SMILES string of the molecule is CCNC(CCC(C)(C)OC)c1coc2ccccc12. The fourth-order valence-corrected chi connectivity index (χ4v) is 2.48. The summed E-state index contributed by atoms with van der Waals surface area (Å²) in [5, 5.41) is 4.76. The minimum absolute atomic E-state index is 0.0901. The van der Waals surface area contributed by atoms with Crippen LogP contribution in [0.5, 0.6) is 0 Å². The van der Waals surface area contributed by atoms with Crippen molar-refractivity contribution in [1.29, 1.82) is 0 Å². The number of benzene rings is 1. The number of ether oxygens (including phenoxy) is 1. The zero-order chi connectivity index (χ0) is 14.6. The van der Waals surface area contributed by atoms with E-state index in [1.165, 1.54) is 10.9 Å². The summed E-state index contributed by atoms with van der Waals surface area (Å²) in [5.74, 6) is 0. The molecule has 3 heteroatoms. The maximum Gasteiger partial charge on any atom is 0.134 e. The van der Waals surface area contributed by atoms with Gasteiger partial charge in [0.15, 0.2) is 0 Å². The predicted molar refractivity (Wildman–Crippen MR) is 83.0 cm³/mol. The molecular formula is C17H25NO2. The smallest absolute Gasteiger partial charge is 0.134 e. The number of methoxy groups -OCH3 is 1. The number of hydrogen-bond donors (Lipinski definition) is 1. The molecule has 0 amide bonds. The zero-order valence-electron chi connectivity index (χ0n) is 12.9. The van der Waals surface area contributed by atoms with Gasteiger partial charge in [0, 0.05) is 24.1 Å². The van der Waals surface area contributed by atoms with Crippen molar-refractivity contribution in [2.24, 2.45) is 0 Å². The molecule has 0 spiro atoms. The molecule has 0 aliphatic carbocycles. The molecule has 2 rings (SSSR count). The summed E-state index contributed by atoms with van der Waals surface area (Å²) in [6, 6.07) is 8.51. The summed E-state index contributed by atoms with van der Waals surface area (Å²) in [7, 11) is 1.77. The summed E-state index contributed by atoms with van der Waals surface area (Å²) in [4.78, 5) is 0. The summed E-state index contributed by atoms with van der Waals surface area (Å²) in [6.45, 7) is 7.33. The van der Waals surface area contributed by atoms with E-state index in [-0.39, 0.29) is 5.60 Å². The van der Waals surface area contributed by atoms with Crippen LogP contribution in [-0.4, -0.2) is 19.3 Å². The van der Waals surface area contributed by atoms with Crippen molar-refractivity contribution >= 4 is 11.0 Å². The number of hydrogen-bond acceptors (Lipinski definition) is 3. The van der Waals surface area contributed by atoms with Gasteiger partial charge < -0.3 is 14.5 Å². The first-order valence-electron chi connectivity index (χ1n) is 7.32. The van der Waals surface area contributed by atoms with Crippen molar-refractivity contribution in [3.63, 3.8) is 0 Å². The Hall–Kier alpha value is -1.32. The van der Waals surface area contributed by atoms with Gasteiger partial charge >= 0.3 is 0 Å². The fraction of sp³-hybridized carbons (Fsp3) is 0.529. The molecule has 2 aromatic rings. The third-order valence-corrected chi connectivity index (χ3v) is 3.92. The average molecular weight is 275 g/mol. The molecule has 0 saturated carbocycles. The molecule has 0 aliphatic rings. The average Bonchev–Trinajstić information content (AvgIpc) is 2.87. The van der Waals surface area contributed by atoms with E-state index in [2.05, 4.69) is 38.2 Å². The Bertz CT molecular complexity index is 545. The zero-order valence-corrected chi connectivity index (χ0v) is 12.9. The predicted octanol–water partition coefficient (Wildman–Crippen LogP) is 4.29. The molecule has 1 heterocycles. The second kappa shape index (κ2) is 6.42. The molecule has 0 radical (unpaired) electrons. The van der Waals surface area contributed by atoms with Crippen LogP contribution in [-0.2, 0) is 4.74 Å². The maximum absolute atomic E-state index is 5.66. The van der Waals surface area contributed by atoms with Crippen molar-refractivity contribution in [3.8, 4) is 0 Å². The Labute approximate surface area is 121 Å². The van der Waals surface area contributed by atoms with Crippen molar-refractivity contribution in [1.82, 2.24) is 5.32 Å². The van der Waals surface area contributed by atoms with Gasteiger partial charge in [0.05, 0.1) is 11.9 Å². The normalized spacial score (nSPS) is 13.8. The summed E-state index contributed by atoms with van der Waals surface area (Å²) < 4.78 is 11.2. The van der Waals surface area contributed by atoms with Crippen molar-refractivity contribution in [2.45, 2.75) is 45.3 Å². The second-order valence-corrected chi connectivity index (χ2v) is 5.80. The molecular weight excluding hydrogens is 250 g/mol. The van der Waals surface area contributed by atoms with E-state index in [0.29, 0.717) is 6.04 Å². The van der Waals surface area contributed by atoms with Gasteiger partial charge in [-0.3, -0.25) is 0 Å². The van der Waals surface area contributed by atoms with Crippen LogP contribution in [0.2, 0.25) is 0 Å². The van der Waals surface area contributed by atoms with E-state index >= 15 is 0 Å². The first kappa shape index (κ1) is 15.1. The maximum atomic E-state index is 5.66. The Morgan fingerprint density at radius 3 is 2.75 bits per heavy atom. The topological polar surface area (TPSA) is 34.4 Å². The first-order valence-corrected chi connectivity index (χ1v) is 7.32. The molecule has 1 aromatic heterocycles. The molecule has 0 saturated heterocycles. The van der Waals surface area contributed by atoms with Gasteiger partial charge in [0.2, 0.25) is 0 Å². The van der Waals surface area contributed by atoms with Crippen LogP contribution in [0, 0.1) is 0 Å². The lowest BCUT2D eigenvalue weighted by Crippen LogP contribution is -2.27. The van der Waals surface area contributed by atoms with E-state index in [1.54, 1.807) is 7.11 Å². The largest absolute Gasteiger partial charge is 0.464 e. The summed E-state index contributed by atoms with van der Waals surface area (Å²) in [5.41, 5.74) is 2.11. The monoisotopic (exact) mass is 275 g/mol. The van der Waals surface area contributed by atoms with Crippen molar-refractivity contribution in [3.05, 3.63) is 36.1 Å². The van der Waals surface area contributed by atoms with Crippen LogP contribution in [0.25, 0.3) is 11.0 Å². The quantitative estimate of drug-likeness (QED) is 0.818. The van der Waals surface area contributed by atoms with Gasteiger partial charge in [-0.05, 0) is 39.3 Å². The van der Waals surface area contributed by atoms with Gasteiger partial charge in [-0.15, -0.1) is 0 Å². The second-order valence-electron chi connectivity index (χ2n) is 5.80. The van der Waals surface area contributed by atoms with Crippen LogP contribution in [0.4, 0.5) is 0 Å². The third kappa shape index (κ3) is 3.41. The number of fused-ring (bicyclic) bond motifs is 1. The van der Waals surface area contributed by atoms with Gasteiger partial charge in [0.1, 0.15) is 5.58 Å². The standard InChI is InChI=1S/C17H25NO2/c1-5-18-15(10-11-17(2,3)19-4)14-12-20-16-9-7-6-8-13(14)16/h6-9,12,15,18H,5,10-11H2,1-4H3. The Morgan fingerprint density at radius 1 is 1.30 bits per heavy atom. The molecule has 1 atom stereocenters. The summed E-state index contributed by atoms with van der Waals surface area (Å²) >= 11 is 0. The van der Waals surface area contributed by atoms with Crippen LogP contribution < -0.4 is 5.32 Å². The molecule has 110 valence electrons. The van der Waals surface area contributed by atoms with E-state index in [1.807, 2.05) is 18.4 Å². The van der Waals surface area contributed by atoms with Crippen molar-refractivity contribution < 1.29 is 9.15 Å². The molecule has 20 heavy (non-hydrogen) atoms. The highest BCUT2D eigenvalue weighted by molar-refractivity contribution is 5.81. The van der Waals surface area contributed by atoms with Crippen LogP contribution >= 0.6 is 0 Å². The van der Waals surface area contributed by atoms with Gasteiger partial charge in [-0.1, -0.05) is 25.1 Å². The molecule has 3 nitrogen and oxygen atoms in total. The number of nitrogens with one attached hydrogen (secondary N) is 1. The van der Waals surface area contributed by atoms with Gasteiger partial charge in [0.25, 0.3) is 0 Å². The number of rotatable bonds is 7. The fourth-order valence-electron chi connectivity index (χ4n) is 2.48. The molecule has 1 aromatic carbocycles. The van der Waals surface area contributed by atoms with E-state index in [0.717, 1.165) is 25.0 Å². The Morgan fingerprint density at radius 2 is 2.05 bits per heavy atom. The lowest BCUT2D eigenvalue weighted by atomic mass is 9.94. The minimum Gasteiger partial charge on any atom is -0.464 e. The Balaban J connectivity index is 2.20. The van der Waals surface area contributed by atoms with Crippen molar-refractivity contribution in [2.75, 3.05) is 13.7 Å². The highest BCUT2D eigenvalue weighted by atomic mass is 16.5. The lowest BCUT2D eigenvalue weighted by molar-refractivity contribution is 0.0117. The van der Waals surface area contributed by atoms with E-state index < -0.39 is 0 Å². The van der Waals surface area contributed by atoms with Crippen LogP contribution in [0.3, 0.4) is 0 Å². The van der Waals surface area contributed by atoms with Gasteiger partial charge in [-0.2, -0.15) is 0 Å². The molecule has 1 N–H and O–H groups in total. The molecule has 0 aliphatic heterocycles. The Kier molecular flexibility index (Phi) is 4.84. The van der Waals surface area contributed by atoms with Crippen LogP contribution in [0.1, 0.15) is 45.2 Å². The lowest BCUT2D eigenvalue weighted by Gasteiger charge is -2.26. The molecule has 0 bridgehead atoms. The van der Waals surface area contributed by atoms with Gasteiger partial charge in [-0.25, -0.2) is 0 Å². The molecule has 0 fully saturated rings. The van der Waals surface area contributed by atoms with E-state index in [9.17, 15) is 0 Å². The van der Waals surface area contributed by atoms with Crippen LogP contribution in [0.15, 0.2) is 34.9 Å². The van der Waals surface area contributed by atoms with E-state index in [4.69, 9.17) is 9.15 Å².